The average molecular weight is 541 g/mol. The normalized spacial score (nSPS) is 19.5. The first-order valence-corrected chi connectivity index (χ1v) is 13.6. The number of nitrogens with zero attached hydrogens (tertiary/aromatic N) is 6. The quantitative estimate of drug-likeness (QED) is 0.139. The van der Waals surface area contributed by atoms with Crippen molar-refractivity contribution in [2.24, 2.45) is 10.2 Å². The van der Waals surface area contributed by atoms with Gasteiger partial charge in [-0.2, -0.15) is 14.5 Å². The maximum absolute atomic E-state index is 11.2. The Kier molecular flexibility index (Phi) is 12.4. The van der Waals surface area contributed by atoms with Crippen LogP contribution in [0, 0.1) is 6.92 Å². The molecule has 0 amide bonds. The number of hydrogen-bond donors (Lipinski definition) is 0. The smallest absolute Gasteiger partial charge is 0.748 e. The second kappa shape index (κ2) is 13.0. The molecule has 0 bridgehead atoms. The molecular formula is C14H18N6Na2O6S4. The summed E-state index contributed by atoms with van der Waals surface area (Å²) >= 11 is 2.03. The van der Waals surface area contributed by atoms with Gasteiger partial charge in [-0.05, 0) is 32.6 Å². The SMILES string of the molecule is Cc1nn(C2CCC(S(=O)(=O)[O-])CC2)cc1N=Nc1nc(SCCS(=O)(=O)[O-])ns1.[Na+].[Na+]. The first kappa shape index (κ1) is 30.6. The summed E-state index contributed by atoms with van der Waals surface area (Å²) in [6, 6.07) is -0.00697. The summed E-state index contributed by atoms with van der Waals surface area (Å²) in [5.41, 5.74) is 1.16. The third-order valence-corrected chi connectivity index (χ3v) is 8.34. The Bertz CT molecular complexity index is 1130. The summed E-state index contributed by atoms with van der Waals surface area (Å²) in [5, 5.41) is 12.3. The van der Waals surface area contributed by atoms with Crippen LogP contribution in [-0.4, -0.2) is 61.8 Å². The van der Waals surface area contributed by atoms with Gasteiger partial charge in [-0.3, -0.25) is 4.68 Å². The summed E-state index contributed by atoms with van der Waals surface area (Å²) in [5.74, 6) is -0.449. The molecule has 3 rings (SSSR count). The van der Waals surface area contributed by atoms with Crippen molar-refractivity contribution >= 4 is 54.3 Å². The summed E-state index contributed by atoms with van der Waals surface area (Å²) in [6.45, 7) is 1.77. The molecule has 2 aromatic rings. The second-order valence-corrected chi connectivity index (χ2v) is 11.6. The summed E-state index contributed by atoms with van der Waals surface area (Å²) < 4.78 is 71.0. The average Bonchev–Trinajstić information content (AvgIpc) is 3.25. The zero-order valence-electron chi connectivity index (χ0n) is 17.7. The Morgan fingerprint density at radius 2 is 1.81 bits per heavy atom. The summed E-state index contributed by atoms with van der Waals surface area (Å²) in [7, 11) is -8.53. The van der Waals surface area contributed by atoms with Crippen molar-refractivity contribution < 1.29 is 85.1 Å². The molecule has 1 aliphatic rings. The van der Waals surface area contributed by atoms with Gasteiger partial charge in [0.25, 0.3) is 0 Å². The maximum atomic E-state index is 11.2. The van der Waals surface area contributed by atoms with Crippen LogP contribution in [-0.2, 0) is 20.2 Å². The number of azo groups is 1. The first-order valence-electron chi connectivity index (χ1n) is 8.83. The Labute approximate surface area is 238 Å². The Morgan fingerprint density at radius 3 is 2.41 bits per heavy atom. The van der Waals surface area contributed by atoms with Gasteiger partial charge in [0.2, 0.25) is 10.3 Å². The maximum Gasteiger partial charge on any atom is 1.00 e. The van der Waals surface area contributed by atoms with Crippen LogP contribution in [0.3, 0.4) is 0 Å². The molecule has 0 radical (unpaired) electrons. The molecule has 166 valence electrons. The van der Waals surface area contributed by atoms with Crippen molar-refractivity contribution in [1.82, 2.24) is 19.1 Å². The van der Waals surface area contributed by atoms with Crippen LogP contribution in [0.1, 0.15) is 37.4 Å². The standard InChI is InChI=1S/C14H20N6O6S4.2Na/c1-9-12(8-20(18-9)10-2-4-11(5-3-10)30(24,25)26)16-17-13-15-14(19-28-13)27-6-7-29(21,22)23;;/h8,10-11H,2-7H2,1H3,(H,21,22,23)(H,24,25,26);;/q;2*+1/p-2. The minimum Gasteiger partial charge on any atom is -0.748 e. The number of rotatable bonds is 8. The van der Waals surface area contributed by atoms with Crippen molar-refractivity contribution in [3.05, 3.63) is 11.9 Å². The monoisotopic (exact) mass is 540 g/mol. The molecule has 0 aliphatic heterocycles. The van der Waals surface area contributed by atoms with Gasteiger partial charge in [-0.15, -0.1) is 10.2 Å². The molecule has 2 heterocycles. The van der Waals surface area contributed by atoms with Crippen molar-refractivity contribution in [2.75, 3.05) is 11.5 Å². The number of thioether (sulfide) groups is 1. The summed E-state index contributed by atoms with van der Waals surface area (Å²) in [6.07, 6.45) is 3.42. The van der Waals surface area contributed by atoms with Gasteiger partial charge >= 0.3 is 59.1 Å². The van der Waals surface area contributed by atoms with Crippen molar-refractivity contribution in [1.29, 1.82) is 0 Å². The molecule has 0 unspecified atom stereocenters. The summed E-state index contributed by atoms with van der Waals surface area (Å²) in [4.78, 5) is 4.10. The Balaban J connectivity index is 0.00000256. The number of aromatic nitrogens is 4. The molecule has 2 aromatic heterocycles. The second-order valence-electron chi connectivity index (χ2n) is 6.67. The minimum atomic E-state index is -4.28. The van der Waals surface area contributed by atoms with E-state index in [9.17, 15) is 25.9 Å². The fourth-order valence-electron chi connectivity index (χ4n) is 2.99. The van der Waals surface area contributed by atoms with Gasteiger partial charge in [-0.1, -0.05) is 11.8 Å². The predicted octanol–water partition coefficient (Wildman–Crippen LogP) is -3.87. The Morgan fingerprint density at radius 1 is 1.16 bits per heavy atom. The van der Waals surface area contributed by atoms with E-state index in [4.69, 9.17) is 0 Å². The van der Waals surface area contributed by atoms with E-state index in [0.29, 0.717) is 42.2 Å². The van der Waals surface area contributed by atoms with E-state index in [2.05, 4.69) is 24.7 Å². The predicted molar refractivity (Wildman–Crippen MR) is 107 cm³/mol. The molecular weight excluding hydrogens is 522 g/mol. The molecule has 0 saturated heterocycles. The largest absolute Gasteiger partial charge is 1.00 e. The van der Waals surface area contributed by atoms with Gasteiger partial charge in [-0.25, -0.2) is 16.8 Å². The third-order valence-electron chi connectivity index (χ3n) is 4.52. The molecule has 0 N–H and O–H groups in total. The molecule has 1 aliphatic carbocycles. The van der Waals surface area contributed by atoms with E-state index in [1.807, 2.05) is 0 Å². The van der Waals surface area contributed by atoms with Gasteiger partial charge in [0, 0.05) is 28.3 Å². The van der Waals surface area contributed by atoms with Crippen LogP contribution in [0.25, 0.3) is 0 Å². The molecule has 32 heavy (non-hydrogen) atoms. The van der Waals surface area contributed by atoms with Crippen molar-refractivity contribution in [2.45, 2.75) is 49.1 Å². The fourth-order valence-corrected chi connectivity index (χ4v) is 6.11. The van der Waals surface area contributed by atoms with Crippen LogP contribution in [0.4, 0.5) is 10.8 Å². The topological polar surface area (TPSA) is 183 Å². The molecule has 18 heteroatoms. The molecule has 0 aromatic carbocycles. The van der Waals surface area contributed by atoms with Gasteiger partial charge < -0.3 is 9.11 Å². The number of aryl methyl sites for hydroxylation is 1. The van der Waals surface area contributed by atoms with Crippen LogP contribution < -0.4 is 59.1 Å². The van der Waals surface area contributed by atoms with E-state index in [-0.39, 0.29) is 76.0 Å². The van der Waals surface area contributed by atoms with Gasteiger partial charge in [0.15, 0.2) is 0 Å². The third kappa shape index (κ3) is 9.30. The molecule has 0 atom stereocenters. The molecule has 1 saturated carbocycles. The van der Waals surface area contributed by atoms with Crippen LogP contribution >= 0.6 is 23.3 Å². The van der Waals surface area contributed by atoms with Crippen molar-refractivity contribution in [3.63, 3.8) is 0 Å². The molecule has 0 spiro atoms. The number of hydrogen-bond acceptors (Lipinski definition) is 13. The first-order chi connectivity index (χ1) is 14.0. The van der Waals surface area contributed by atoms with Crippen LogP contribution in [0.5, 0.6) is 0 Å². The van der Waals surface area contributed by atoms with Gasteiger partial charge in [0.05, 0.1) is 38.2 Å². The van der Waals surface area contributed by atoms with E-state index >= 15 is 0 Å². The van der Waals surface area contributed by atoms with E-state index in [0.717, 1.165) is 23.3 Å². The van der Waals surface area contributed by atoms with E-state index < -0.39 is 31.2 Å². The minimum absolute atomic E-state index is 0. The zero-order chi connectivity index (χ0) is 21.9. The van der Waals surface area contributed by atoms with E-state index in [1.165, 1.54) is 0 Å². The van der Waals surface area contributed by atoms with E-state index in [1.54, 1.807) is 17.8 Å². The van der Waals surface area contributed by atoms with Crippen LogP contribution in [0.15, 0.2) is 21.6 Å². The van der Waals surface area contributed by atoms with Crippen LogP contribution in [0.2, 0.25) is 0 Å². The Hall–Kier alpha value is 0.540. The fraction of sp³-hybridized carbons (Fsp3) is 0.643. The van der Waals surface area contributed by atoms with Gasteiger partial charge in [0.1, 0.15) is 5.69 Å². The van der Waals surface area contributed by atoms with Crippen molar-refractivity contribution in [3.8, 4) is 0 Å². The zero-order valence-corrected chi connectivity index (χ0v) is 25.0. The molecule has 1 fully saturated rings. The molecule has 12 nitrogen and oxygen atoms in total.